The van der Waals surface area contributed by atoms with E-state index in [4.69, 9.17) is 5.11 Å². The summed E-state index contributed by atoms with van der Waals surface area (Å²) in [5, 5.41) is 8.79. The molecule has 4 nitrogen and oxygen atoms in total. The summed E-state index contributed by atoms with van der Waals surface area (Å²) in [7, 11) is 0. The van der Waals surface area contributed by atoms with E-state index in [1.54, 1.807) is 24.3 Å². The van der Waals surface area contributed by atoms with Crippen LogP contribution in [0.25, 0.3) is 0 Å². The predicted molar refractivity (Wildman–Crippen MR) is 44.9 cm³/mol. The van der Waals surface area contributed by atoms with E-state index in [1.807, 2.05) is 0 Å². The van der Waals surface area contributed by atoms with Crippen molar-refractivity contribution in [2.45, 2.75) is 6.61 Å². The monoisotopic (exact) mass is 186 g/mol. The highest BCUT2D eigenvalue weighted by atomic mass is 32.2. The van der Waals surface area contributed by atoms with Crippen molar-refractivity contribution >= 4 is 17.0 Å². The molecule has 12 heavy (non-hydrogen) atoms. The highest BCUT2D eigenvalue weighted by molar-refractivity contribution is 7.80. The van der Waals surface area contributed by atoms with E-state index in [2.05, 4.69) is 4.72 Å². The van der Waals surface area contributed by atoms with Gasteiger partial charge in [-0.3, -0.25) is 4.21 Å². The van der Waals surface area contributed by atoms with Crippen molar-refractivity contribution in [1.29, 1.82) is 0 Å². The Morgan fingerprint density at radius 3 is 2.75 bits per heavy atom. The lowest BCUT2D eigenvalue weighted by Gasteiger charge is -2.11. The summed E-state index contributed by atoms with van der Waals surface area (Å²) in [4.78, 5) is 0. The van der Waals surface area contributed by atoms with Crippen molar-refractivity contribution in [1.82, 2.24) is 0 Å². The Balaban J connectivity index is 2.89. The van der Waals surface area contributed by atoms with E-state index in [9.17, 15) is 8.76 Å². The number of benzene rings is 1. The molecule has 0 saturated carbocycles. The van der Waals surface area contributed by atoms with Crippen LogP contribution < -0.4 is 4.72 Å². The molecule has 0 aliphatic carbocycles. The Morgan fingerprint density at radius 1 is 1.50 bits per heavy atom. The van der Waals surface area contributed by atoms with E-state index < -0.39 is 11.3 Å². The van der Waals surface area contributed by atoms with Crippen molar-refractivity contribution in [3.8, 4) is 0 Å². The van der Waals surface area contributed by atoms with E-state index in [-0.39, 0.29) is 6.61 Å². The minimum Gasteiger partial charge on any atom is -0.755 e. The number of aliphatic hydroxyl groups is 1. The molecule has 0 spiro atoms. The molecule has 0 bridgehead atoms. The van der Waals surface area contributed by atoms with Crippen LogP contribution in [0.5, 0.6) is 0 Å². The van der Waals surface area contributed by atoms with E-state index in [0.29, 0.717) is 11.3 Å². The number of para-hydroxylation sites is 1. The van der Waals surface area contributed by atoms with Gasteiger partial charge in [-0.05, 0) is 6.07 Å². The number of hydrogen-bond acceptors (Lipinski definition) is 3. The summed E-state index contributed by atoms with van der Waals surface area (Å²) < 4.78 is 22.7. The highest BCUT2D eigenvalue weighted by Gasteiger charge is 1.97. The zero-order valence-electron chi connectivity index (χ0n) is 6.19. The molecule has 0 aliphatic heterocycles. The third kappa shape index (κ3) is 2.30. The van der Waals surface area contributed by atoms with Crippen LogP contribution in [0.15, 0.2) is 24.3 Å². The van der Waals surface area contributed by atoms with Crippen LogP contribution in [-0.2, 0) is 17.9 Å². The van der Waals surface area contributed by atoms with Crippen molar-refractivity contribution in [3.05, 3.63) is 29.8 Å². The Kier molecular flexibility index (Phi) is 3.21. The smallest absolute Gasteiger partial charge is 0.0702 e. The summed E-state index contributed by atoms with van der Waals surface area (Å²) >= 11 is -2.34. The van der Waals surface area contributed by atoms with Gasteiger partial charge >= 0.3 is 0 Å². The largest absolute Gasteiger partial charge is 0.755 e. The minimum atomic E-state index is -2.34. The van der Waals surface area contributed by atoms with Crippen molar-refractivity contribution < 1.29 is 13.9 Å². The maximum Gasteiger partial charge on any atom is 0.0702 e. The second kappa shape index (κ2) is 4.20. The molecular weight excluding hydrogens is 178 g/mol. The molecule has 1 unspecified atom stereocenters. The SMILES string of the molecule is O=S([O-])Nc1ccccc1CO. The zero-order valence-corrected chi connectivity index (χ0v) is 7.00. The first-order chi connectivity index (χ1) is 5.74. The molecule has 1 aromatic rings. The van der Waals surface area contributed by atoms with Crippen LogP contribution in [0.2, 0.25) is 0 Å². The van der Waals surface area contributed by atoms with Gasteiger partial charge in [0.2, 0.25) is 0 Å². The molecule has 1 aromatic carbocycles. The first-order valence-electron chi connectivity index (χ1n) is 3.28. The van der Waals surface area contributed by atoms with Crippen LogP contribution in [0.1, 0.15) is 5.56 Å². The number of aliphatic hydroxyl groups excluding tert-OH is 1. The molecule has 0 saturated heterocycles. The molecule has 1 rings (SSSR count). The number of nitrogens with one attached hydrogen (secondary N) is 1. The Labute approximate surface area is 72.7 Å². The average Bonchev–Trinajstić information content (AvgIpc) is 2.04. The van der Waals surface area contributed by atoms with Crippen molar-refractivity contribution in [2.75, 3.05) is 4.72 Å². The Hall–Kier alpha value is -0.910. The van der Waals surface area contributed by atoms with Gasteiger partial charge in [0.25, 0.3) is 0 Å². The van der Waals surface area contributed by atoms with Gasteiger partial charge in [0, 0.05) is 16.8 Å². The number of hydrogen-bond donors (Lipinski definition) is 2. The molecule has 1 atom stereocenters. The fourth-order valence-corrected chi connectivity index (χ4v) is 1.23. The lowest BCUT2D eigenvalue weighted by atomic mass is 10.2. The van der Waals surface area contributed by atoms with Crippen LogP contribution in [0.3, 0.4) is 0 Å². The van der Waals surface area contributed by atoms with E-state index in [0.717, 1.165) is 0 Å². The van der Waals surface area contributed by atoms with Crippen LogP contribution in [0.4, 0.5) is 5.69 Å². The molecule has 5 heteroatoms. The van der Waals surface area contributed by atoms with Gasteiger partial charge in [-0.2, -0.15) is 0 Å². The van der Waals surface area contributed by atoms with Gasteiger partial charge in [0.15, 0.2) is 0 Å². The summed E-state index contributed by atoms with van der Waals surface area (Å²) in [6.07, 6.45) is 0. The fourth-order valence-electron chi connectivity index (χ4n) is 0.848. The van der Waals surface area contributed by atoms with Gasteiger partial charge in [0.05, 0.1) is 12.3 Å². The molecule has 66 valence electrons. The van der Waals surface area contributed by atoms with Crippen molar-refractivity contribution in [3.63, 3.8) is 0 Å². The molecule has 0 fully saturated rings. The number of rotatable bonds is 3. The van der Waals surface area contributed by atoms with Crippen LogP contribution >= 0.6 is 0 Å². The third-order valence-corrected chi connectivity index (χ3v) is 1.77. The van der Waals surface area contributed by atoms with Crippen LogP contribution in [0, 0.1) is 0 Å². The van der Waals surface area contributed by atoms with Gasteiger partial charge in [-0.1, -0.05) is 18.2 Å². The van der Waals surface area contributed by atoms with E-state index in [1.165, 1.54) is 0 Å². The van der Waals surface area contributed by atoms with Gasteiger partial charge in [-0.25, -0.2) is 0 Å². The second-order valence-corrected chi connectivity index (χ2v) is 2.83. The van der Waals surface area contributed by atoms with Crippen LogP contribution in [-0.4, -0.2) is 13.9 Å². The van der Waals surface area contributed by atoms with E-state index >= 15 is 0 Å². The number of anilines is 1. The van der Waals surface area contributed by atoms with Gasteiger partial charge < -0.3 is 14.4 Å². The van der Waals surface area contributed by atoms with Crippen molar-refractivity contribution in [2.24, 2.45) is 0 Å². The lowest BCUT2D eigenvalue weighted by molar-refractivity contribution is 0.282. The lowest BCUT2D eigenvalue weighted by Crippen LogP contribution is -2.04. The fraction of sp³-hybridized carbons (Fsp3) is 0.143. The Bertz CT molecular complexity index is 290. The molecule has 0 heterocycles. The third-order valence-electron chi connectivity index (χ3n) is 1.38. The first kappa shape index (κ1) is 9.18. The van der Waals surface area contributed by atoms with Gasteiger partial charge in [-0.15, -0.1) is 0 Å². The summed E-state index contributed by atoms with van der Waals surface area (Å²) in [5.74, 6) is 0. The Morgan fingerprint density at radius 2 is 2.17 bits per heavy atom. The summed E-state index contributed by atoms with van der Waals surface area (Å²) in [6, 6.07) is 6.65. The molecule has 0 aliphatic rings. The maximum absolute atomic E-state index is 10.2. The highest BCUT2D eigenvalue weighted by Crippen LogP contribution is 2.14. The standard InChI is InChI=1S/C7H9NO3S/c9-5-6-3-1-2-4-7(6)8-12(10)11/h1-4,8-9H,5H2,(H,10,11)/p-1. The molecule has 0 radical (unpaired) electrons. The average molecular weight is 186 g/mol. The minimum absolute atomic E-state index is 0.180. The maximum atomic E-state index is 10.2. The zero-order chi connectivity index (χ0) is 8.97. The molecule has 2 N–H and O–H groups in total. The normalized spacial score (nSPS) is 12.5. The molecule has 0 amide bonds. The summed E-state index contributed by atoms with van der Waals surface area (Å²) in [5.41, 5.74) is 0.968. The topological polar surface area (TPSA) is 72.4 Å². The molecular formula is C7H8NO3S-. The quantitative estimate of drug-likeness (QED) is 0.670. The summed E-state index contributed by atoms with van der Waals surface area (Å²) in [6.45, 7) is -0.180. The first-order valence-corrected chi connectivity index (χ1v) is 4.36. The second-order valence-electron chi connectivity index (χ2n) is 2.15. The molecule has 0 aromatic heterocycles. The van der Waals surface area contributed by atoms with Gasteiger partial charge in [0.1, 0.15) is 0 Å². The predicted octanol–water partition coefficient (Wildman–Crippen LogP) is 0.385.